The quantitative estimate of drug-likeness (QED) is 0.462. The van der Waals surface area contributed by atoms with E-state index in [1.165, 1.54) is 24.2 Å². The SMILES string of the molecule is COc1cc(/C=C/C(=O)OCC(=O)N(C)Cc2ccc(C)o2)ccc1OCC(N)=O. The van der Waals surface area contributed by atoms with E-state index in [1.807, 2.05) is 13.0 Å². The molecule has 0 atom stereocenters. The maximum Gasteiger partial charge on any atom is 0.331 e. The normalized spacial score (nSPS) is 10.6. The number of ether oxygens (including phenoxy) is 3. The third-order valence-electron chi connectivity index (χ3n) is 3.92. The van der Waals surface area contributed by atoms with E-state index < -0.39 is 11.9 Å². The number of furan rings is 1. The zero-order valence-corrected chi connectivity index (χ0v) is 17.0. The molecular weight excluding hydrogens is 392 g/mol. The van der Waals surface area contributed by atoms with E-state index in [9.17, 15) is 14.4 Å². The van der Waals surface area contributed by atoms with Crippen LogP contribution < -0.4 is 15.2 Å². The number of methoxy groups -OCH3 is 1. The van der Waals surface area contributed by atoms with Crippen LogP contribution in [0.5, 0.6) is 11.5 Å². The van der Waals surface area contributed by atoms with Gasteiger partial charge in [0.1, 0.15) is 11.5 Å². The van der Waals surface area contributed by atoms with Crippen LogP contribution in [0, 0.1) is 6.92 Å². The Bertz CT molecular complexity index is 933. The minimum atomic E-state index is -0.668. The number of likely N-dealkylation sites (N-methyl/N-ethyl adjacent to an activating group) is 1. The van der Waals surface area contributed by atoms with Gasteiger partial charge in [-0.25, -0.2) is 4.79 Å². The molecule has 0 unspecified atom stereocenters. The topological polar surface area (TPSA) is 121 Å². The van der Waals surface area contributed by atoms with Gasteiger partial charge < -0.3 is 29.3 Å². The molecule has 0 fully saturated rings. The number of esters is 1. The Labute approximate surface area is 174 Å². The van der Waals surface area contributed by atoms with Crippen LogP contribution in [0.25, 0.3) is 6.08 Å². The Morgan fingerprint density at radius 1 is 1.13 bits per heavy atom. The first-order valence-corrected chi connectivity index (χ1v) is 9.01. The lowest BCUT2D eigenvalue weighted by molar-refractivity contribution is -0.147. The fourth-order valence-electron chi connectivity index (χ4n) is 2.40. The summed E-state index contributed by atoms with van der Waals surface area (Å²) in [6, 6.07) is 8.45. The van der Waals surface area contributed by atoms with E-state index >= 15 is 0 Å². The highest BCUT2D eigenvalue weighted by atomic mass is 16.5. The molecular formula is C21H24N2O7. The predicted octanol–water partition coefficient (Wildman–Crippen LogP) is 1.68. The van der Waals surface area contributed by atoms with E-state index in [4.69, 9.17) is 24.4 Å². The average Bonchev–Trinajstić information content (AvgIpc) is 3.13. The average molecular weight is 416 g/mol. The molecule has 0 aliphatic rings. The molecule has 0 bridgehead atoms. The number of aryl methyl sites for hydroxylation is 1. The van der Waals surface area contributed by atoms with Crippen LogP contribution in [0.1, 0.15) is 17.1 Å². The van der Waals surface area contributed by atoms with Gasteiger partial charge in [0.25, 0.3) is 11.8 Å². The molecule has 2 aromatic rings. The molecule has 2 rings (SSSR count). The number of primary amides is 1. The van der Waals surface area contributed by atoms with Gasteiger partial charge in [0.15, 0.2) is 24.7 Å². The first-order valence-electron chi connectivity index (χ1n) is 9.01. The zero-order chi connectivity index (χ0) is 22.1. The maximum absolute atomic E-state index is 12.1. The highest BCUT2D eigenvalue weighted by Crippen LogP contribution is 2.28. The van der Waals surface area contributed by atoms with Crippen LogP contribution in [0.3, 0.4) is 0 Å². The first kappa shape index (κ1) is 22.5. The number of amides is 2. The van der Waals surface area contributed by atoms with Gasteiger partial charge in [-0.05, 0) is 42.8 Å². The zero-order valence-electron chi connectivity index (χ0n) is 17.0. The maximum atomic E-state index is 12.1. The lowest BCUT2D eigenvalue weighted by Crippen LogP contribution is -2.30. The van der Waals surface area contributed by atoms with Crippen molar-refractivity contribution in [3.05, 3.63) is 53.5 Å². The Morgan fingerprint density at radius 2 is 1.90 bits per heavy atom. The van der Waals surface area contributed by atoms with Gasteiger partial charge in [0, 0.05) is 13.1 Å². The molecule has 0 saturated heterocycles. The molecule has 1 heterocycles. The van der Waals surface area contributed by atoms with Gasteiger partial charge in [-0.15, -0.1) is 0 Å². The Hall–Kier alpha value is -3.75. The molecule has 0 radical (unpaired) electrons. The van der Waals surface area contributed by atoms with Crippen molar-refractivity contribution in [1.82, 2.24) is 4.90 Å². The molecule has 2 amide bonds. The third-order valence-corrected chi connectivity index (χ3v) is 3.92. The summed E-state index contributed by atoms with van der Waals surface area (Å²) in [5.74, 6) is 0.483. The van der Waals surface area contributed by atoms with E-state index in [-0.39, 0.29) is 25.7 Å². The fraction of sp³-hybridized carbons (Fsp3) is 0.286. The van der Waals surface area contributed by atoms with Crippen molar-refractivity contribution in [2.75, 3.05) is 27.4 Å². The second kappa shape index (κ2) is 10.7. The van der Waals surface area contributed by atoms with E-state index in [2.05, 4.69) is 0 Å². The van der Waals surface area contributed by atoms with Crippen molar-refractivity contribution in [3.63, 3.8) is 0 Å². The molecule has 2 N–H and O–H groups in total. The number of benzene rings is 1. The molecule has 1 aromatic heterocycles. The van der Waals surface area contributed by atoms with Crippen molar-refractivity contribution in [2.24, 2.45) is 5.73 Å². The summed E-state index contributed by atoms with van der Waals surface area (Å²) in [7, 11) is 3.04. The van der Waals surface area contributed by atoms with E-state index in [0.29, 0.717) is 22.8 Å². The molecule has 30 heavy (non-hydrogen) atoms. The first-order chi connectivity index (χ1) is 14.3. The summed E-state index contributed by atoms with van der Waals surface area (Å²) >= 11 is 0. The summed E-state index contributed by atoms with van der Waals surface area (Å²) in [4.78, 5) is 36.2. The fourth-order valence-corrected chi connectivity index (χ4v) is 2.40. The summed E-state index contributed by atoms with van der Waals surface area (Å²) in [5, 5.41) is 0. The van der Waals surface area contributed by atoms with Crippen LogP contribution >= 0.6 is 0 Å². The Kier molecular flexibility index (Phi) is 8.04. The van der Waals surface area contributed by atoms with Crippen molar-refractivity contribution >= 4 is 23.9 Å². The van der Waals surface area contributed by atoms with Gasteiger partial charge in [-0.3, -0.25) is 9.59 Å². The van der Waals surface area contributed by atoms with Crippen LogP contribution in [0.4, 0.5) is 0 Å². The Balaban J connectivity index is 1.86. The van der Waals surface area contributed by atoms with Gasteiger partial charge in [0.05, 0.1) is 13.7 Å². The molecule has 0 saturated carbocycles. The van der Waals surface area contributed by atoms with Crippen LogP contribution in [0.15, 0.2) is 40.8 Å². The van der Waals surface area contributed by atoms with Crippen molar-refractivity contribution in [1.29, 1.82) is 0 Å². The summed E-state index contributed by atoms with van der Waals surface area (Å²) < 4.78 is 20.8. The number of carbonyl (C=O) groups is 3. The smallest absolute Gasteiger partial charge is 0.331 e. The largest absolute Gasteiger partial charge is 0.493 e. The van der Waals surface area contributed by atoms with Gasteiger partial charge >= 0.3 is 5.97 Å². The second-order valence-corrected chi connectivity index (χ2v) is 6.37. The molecule has 0 spiro atoms. The third kappa shape index (κ3) is 7.01. The predicted molar refractivity (Wildman–Crippen MR) is 108 cm³/mol. The highest BCUT2D eigenvalue weighted by molar-refractivity contribution is 5.89. The van der Waals surface area contributed by atoms with Crippen LogP contribution in [-0.2, 0) is 25.7 Å². The van der Waals surface area contributed by atoms with Crippen molar-refractivity contribution < 1.29 is 33.0 Å². The minimum Gasteiger partial charge on any atom is -0.493 e. The van der Waals surface area contributed by atoms with Crippen molar-refractivity contribution in [3.8, 4) is 11.5 Å². The standard InChI is InChI=1S/C21H24N2O7/c1-14-4-7-16(30-14)11-23(2)20(25)13-29-21(26)9-6-15-5-8-17(18(10-15)27-3)28-12-19(22)24/h4-10H,11-13H2,1-3H3,(H2,22,24)/b9-6+. The molecule has 9 heteroatoms. The minimum absolute atomic E-state index is 0.278. The van der Waals surface area contributed by atoms with Gasteiger partial charge in [-0.2, -0.15) is 0 Å². The molecule has 160 valence electrons. The molecule has 0 aliphatic heterocycles. The monoisotopic (exact) mass is 416 g/mol. The molecule has 9 nitrogen and oxygen atoms in total. The number of nitrogens with zero attached hydrogens (tertiary/aromatic N) is 1. The lowest BCUT2D eigenvalue weighted by Gasteiger charge is -2.15. The number of hydrogen-bond donors (Lipinski definition) is 1. The number of carbonyl (C=O) groups excluding carboxylic acids is 3. The molecule has 1 aromatic carbocycles. The van der Waals surface area contributed by atoms with E-state index in [1.54, 1.807) is 31.3 Å². The number of rotatable bonds is 10. The summed E-state index contributed by atoms with van der Waals surface area (Å²) in [5.41, 5.74) is 5.68. The Morgan fingerprint density at radius 3 is 2.53 bits per heavy atom. The summed E-state index contributed by atoms with van der Waals surface area (Å²) in [6.07, 6.45) is 2.70. The van der Waals surface area contributed by atoms with Crippen molar-refractivity contribution in [2.45, 2.75) is 13.5 Å². The van der Waals surface area contributed by atoms with Gasteiger partial charge in [0.2, 0.25) is 0 Å². The highest BCUT2D eigenvalue weighted by Gasteiger charge is 2.13. The number of hydrogen-bond acceptors (Lipinski definition) is 7. The second-order valence-electron chi connectivity index (χ2n) is 6.37. The number of nitrogens with two attached hydrogens (primary N) is 1. The van der Waals surface area contributed by atoms with E-state index in [0.717, 1.165) is 5.76 Å². The summed E-state index contributed by atoms with van der Waals surface area (Å²) in [6.45, 7) is 1.43. The van der Waals surface area contributed by atoms with Crippen LogP contribution in [-0.4, -0.2) is 50.1 Å². The van der Waals surface area contributed by atoms with Gasteiger partial charge in [-0.1, -0.05) is 6.07 Å². The molecule has 0 aliphatic carbocycles. The lowest BCUT2D eigenvalue weighted by atomic mass is 10.2. The van der Waals surface area contributed by atoms with Crippen LogP contribution in [0.2, 0.25) is 0 Å².